The van der Waals surface area contributed by atoms with Crippen LogP contribution in [0.25, 0.3) is 0 Å². The Morgan fingerprint density at radius 1 is 0.941 bits per heavy atom. The molecule has 0 aromatic heterocycles. The molecule has 0 unspecified atom stereocenters. The first-order chi connectivity index (χ1) is 16.6. The number of fused-ring (bicyclic) bond motifs is 3. The Morgan fingerprint density at radius 2 is 1.65 bits per heavy atom. The second-order valence-electron chi connectivity index (χ2n) is 10.9. The summed E-state index contributed by atoms with van der Waals surface area (Å²) in [7, 11) is 0. The van der Waals surface area contributed by atoms with Gasteiger partial charge in [-0.05, 0) is 73.3 Å². The normalized spacial score (nSPS) is 31.1. The average Bonchev–Trinajstić information content (AvgIpc) is 2.88. The van der Waals surface area contributed by atoms with E-state index in [1.807, 2.05) is 6.08 Å². The zero-order valence-electron chi connectivity index (χ0n) is 21.4. The van der Waals surface area contributed by atoms with Crippen molar-refractivity contribution >= 4 is 5.97 Å². The molecule has 188 valence electrons. The molecule has 1 aromatic rings. The second-order valence-corrected chi connectivity index (χ2v) is 10.9. The van der Waals surface area contributed by atoms with Crippen molar-refractivity contribution in [2.75, 3.05) is 13.2 Å². The molecular formula is C30H44O4. The number of rotatable bonds is 11. The van der Waals surface area contributed by atoms with Gasteiger partial charge in [-0.15, -0.1) is 0 Å². The third-order valence-electron chi connectivity index (χ3n) is 8.70. The Kier molecular flexibility index (Phi) is 8.87. The van der Waals surface area contributed by atoms with Gasteiger partial charge in [-0.25, -0.2) is 4.79 Å². The predicted molar refractivity (Wildman–Crippen MR) is 136 cm³/mol. The van der Waals surface area contributed by atoms with Gasteiger partial charge in [0.2, 0.25) is 6.29 Å². The predicted octanol–water partition coefficient (Wildman–Crippen LogP) is 7.56. The van der Waals surface area contributed by atoms with Crippen molar-refractivity contribution in [3.8, 4) is 0 Å². The summed E-state index contributed by atoms with van der Waals surface area (Å²) in [6.45, 7) is 5.11. The van der Waals surface area contributed by atoms with Crippen LogP contribution in [-0.4, -0.2) is 25.5 Å². The van der Waals surface area contributed by atoms with Crippen molar-refractivity contribution < 1.29 is 19.0 Å². The third-order valence-corrected chi connectivity index (χ3v) is 8.70. The summed E-state index contributed by atoms with van der Waals surface area (Å²) in [5.74, 6) is -0.360. The number of hydrogen-bond donors (Lipinski definition) is 0. The lowest BCUT2D eigenvalue weighted by atomic mass is 9.51. The minimum absolute atomic E-state index is 0.106. The van der Waals surface area contributed by atoms with Crippen molar-refractivity contribution in [1.82, 2.24) is 0 Å². The van der Waals surface area contributed by atoms with Crippen LogP contribution in [-0.2, 0) is 24.4 Å². The lowest BCUT2D eigenvalue weighted by Crippen LogP contribution is -2.44. The van der Waals surface area contributed by atoms with Gasteiger partial charge in [0.15, 0.2) is 0 Å². The molecule has 0 amide bonds. The summed E-state index contributed by atoms with van der Waals surface area (Å²) >= 11 is 0. The molecule has 3 saturated carbocycles. The van der Waals surface area contributed by atoms with Gasteiger partial charge in [0.1, 0.15) is 12.7 Å². The molecule has 2 bridgehead atoms. The fraction of sp³-hybridized carbons (Fsp3) is 0.700. The Balaban J connectivity index is 1.25. The maximum absolute atomic E-state index is 11.9. The summed E-state index contributed by atoms with van der Waals surface area (Å²) in [4.78, 5) is 11.9. The van der Waals surface area contributed by atoms with E-state index >= 15 is 0 Å². The topological polar surface area (TPSA) is 44.8 Å². The standard InChI is InChI=1S/C30H44O4/c1-3-5-7-8-10-27(31)34-28-23-32-26(22-33-28)24-11-13-25(14-12-24)30-19-16-29(17-20-30,18-21-30)15-9-6-4-2/h8,10-14,26,28H,3-7,9,15-23H2,1-2H3/b10-8+/t26-,28-,29?,30?/m1/s1. The summed E-state index contributed by atoms with van der Waals surface area (Å²) in [6.07, 6.45) is 19.6. The first kappa shape index (κ1) is 25.4. The monoisotopic (exact) mass is 468 g/mol. The first-order valence-corrected chi connectivity index (χ1v) is 13.8. The number of carbonyl (C=O) groups is 1. The number of esters is 1. The molecule has 34 heavy (non-hydrogen) atoms. The number of unbranched alkanes of at least 4 members (excludes halogenated alkanes) is 4. The Hall–Kier alpha value is -1.65. The van der Waals surface area contributed by atoms with Crippen LogP contribution < -0.4 is 0 Å². The maximum Gasteiger partial charge on any atom is 0.332 e. The Labute approximate surface area is 206 Å². The van der Waals surface area contributed by atoms with Crippen LogP contribution in [0.2, 0.25) is 0 Å². The number of ether oxygens (including phenoxy) is 3. The van der Waals surface area contributed by atoms with Crippen molar-refractivity contribution in [3.63, 3.8) is 0 Å². The number of hydrogen-bond acceptors (Lipinski definition) is 4. The van der Waals surface area contributed by atoms with E-state index in [4.69, 9.17) is 14.2 Å². The van der Waals surface area contributed by atoms with Gasteiger partial charge in [0.05, 0.1) is 6.61 Å². The molecular weight excluding hydrogens is 424 g/mol. The van der Waals surface area contributed by atoms with E-state index in [-0.39, 0.29) is 18.7 Å². The fourth-order valence-corrected chi connectivity index (χ4v) is 6.29. The molecule has 0 N–H and O–H groups in total. The van der Waals surface area contributed by atoms with Crippen LogP contribution in [0.1, 0.15) is 115 Å². The van der Waals surface area contributed by atoms with Crippen molar-refractivity contribution in [2.24, 2.45) is 5.41 Å². The van der Waals surface area contributed by atoms with Gasteiger partial charge in [0, 0.05) is 6.08 Å². The number of benzene rings is 1. The second kappa shape index (κ2) is 11.9. The van der Waals surface area contributed by atoms with Gasteiger partial charge in [0.25, 0.3) is 0 Å². The van der Waals surface area contributed by atoms with Crippen LogP contribution in [0.5, 0.6) is 0 Å². The SMILES string of the molecule is CCCC/C=C/C(=O)O[C@@H]1CO[C@@H](c2ccc(C34CCC(CCCCC)(CC3)CC4)cc2)CO1. The molecule has 4 heteroatoms. The highest BCUT2D eigenvalue weighted by molar-refractivity contribution is 5.81. The molecule has 0 radical (unpaired) electrons. The summed E-state index contributed by atoms with van der Waals surface area (Å²) in [6, 6.07) is 9.11. The van der Waals surface area contributed by atoms with E-state index in [0.717, 1.165) is 24.8 Å². The van der Waals surface area contributed by atoms with Gasteiger partial charge in [-0.1, -0.05) is 76.3 Å². The quantitative estimate of drug-likeness (QED) is 0.191. The third kappa shape index (κ3) is 6.12. The van der Waals surface area contributed by atoms with E-state index in [2.05, 4.69) is 38.1 Å². The molecule has 1 heterocycles. The molecule has 2 atom stereocenters. The summed E-state index contributed by atoms with van der Waals surface area (Å²) in [5, 5.41) is 0. The summed E-state index contributed by atoms with van der Waals surface area (Å²) in [5.41, 5.74) is 3.69. The molecule has 1 aromatic carbocycles. The van der Waals surface area contributed by atoms with Crippen LogP contribution >= 0.6 is 0 Å². The molecule has 1 aliphatic heterocycles. The average molecular weight is 469 g/mol. The molecule has 4 nitrogen and oxygen atoms in total. The van der Waals surface area contributed by atoms with Gasteiger partial charge >= 0.3 is 5.97 Å². The van der Waals surface area contributed by atoms with Crippen molar-refractivity contribution in [3.05, 3.63) is 47.5 Å². The summed E-state index contributed by atoms with van der Waals surface area (Å²) < 4.78 is 17.1. The minimum atomic E-state index is -0.625. The molecule has 1 saturated heterocycles. The molecule has 3 aliphatic carbocycles. The molecule has 5 rings (SSSR count). The van der Waals surface area contributed by atoms with Crippen LogP contribution in [0.3, 0.4) is 0 Å². The van der Waals surface area contributed by atoms with Crippen LogP contribution in [0.15, 0.2) is 36.4 Å². The zero-order valence-corrected chi connectivity index (χ0v) is 21.4. The maximum atomic E-state index is 11.9. The van der Waals surface area contributed by atoms with E-state index in [9.17, 15) is 4.79 Å². The van der Waals surface area contributed by atoms with Gasteiger partial charge in [-0.2, -0.15) is 0 Å². The molecule has 4 aliphatic rings. The van der Waals surface area contributed by atoms with E-state index in [0.29, 0.717) is 17.4 Å². The smallest absolute Gasteiger partial charge is 0.332 e. The van der Waals surface area contributed by atoms with Crippen LogP contribution in [0, 0.1) is 5.41 Å². The number of allylic oxidation sites excluding steroid dienone is 1. The lowest BCUT2D eigenvalue weighted by molar-refractivity contribution is -0.230. The highest BCUT2D eigenvalue weighted by Crippen LogP contribution is 2.59. The van der Waals surface area contributed by atoms with Crippen LogP contribution in [0.4, 0.5) is 0 Å². The molecule has 4 fully saturated rings. The fourth-order valence-electron chi connectivity index (χ4n) is 6.29. The zero-order chi connectivity index (χ0) is 23.9. The first-order valence-electron chi connectivity index (χ1n) is 13.8. The minimum Gasteiger partial charge on any atom is -0.430 e. The largest absolute Gasteiger partial charge is 0.430 e. The lowest BCUT2D eigenvalue weighted by Gasteiger charge is -2.54. The number of carbonyl (C=O) groups excluding carboxylic acids is 1. The Bertz CT molecular complexity index is 779. The van der Waals surface area contributed by atoms with E-state index in [1.54, 1.807) is 0 Å². The van der Waals surface area contributed by atoms with Crippen molar-refractivity contribution in [2.45, 2.75) is 115 Å². The highest BCUT2D eigenvalue weighted by atomic mass is 16.7. The highest BCUT2D eigenvalue weighted by Gasteiger charge is 2.48. The Morgan fingerprint density at radius 3 is 2.26 bits per heavy atom. The van der Waals surface area contributed by atoms with Gasteiger partial charge in [-0.3, -0.25) is 0 Å². The van der Waals surface area contributed by atoms with E-state index in [1.165, 1.54) is 75.8 Å². The van der Waals surface area contributed by atoms with Crippen molar-refractivity contribution in [1.29, 1.82) is 0 Å². The van der Waals surface area contributed by atoms with E-state index < -0.39 is 6.29 Å². The van der Waals surface area contributed by atoms with Gasteiger partial charge < -0.3 is 14.2 Å². The molecule has 0 spiro atoms.